The standard InChI is InChI=1S/C24H26Cl2N4O3/c1-32-19-5-2-4-17(14-19)22-16-23(30(28-22)18-6-7-20(25)21(26)15-18)24(31)27-8-3-9-29-10-12-33-13-11-29/h2,4-7,14-16H,3,8-13H2,1H3,(H,27,31). The molecule has 0 spiro atoms. The van der Waals surface area contributed by atoms with Crippen LogP contribution >= 0.6 is 23.2 Å². The molecule has 1 fully saturated rings. The van der Waals surface area contributed by atoms with Gasteiger partial charge in [-0.3, -0.25) is 9.69 Å². The van der Waals surface area contributed by atoms with Crippen LogP contribution in [0.2, 0.25) is 10.0 Å². The Labute approximate surface area is 203 Å². The molecule has 2 heterocycles. The summed E-state index contributed by atoms with van der Waals surface area (Å²) in [6, 6.07) is 14.5. The molecule has 1 aromatic heterocycles. The van der Waals surface area contributed by atoms with Crippen molar-refractivity contribution in [2.24, 2.45) is 0 Å². The lowest BCUT2D eigenvalue weighted by Crippen LogP contribution is -2.38. The first-order valence-electron chi connectivity index (χ1n) is 10.8. The third-order valence-corrected chi connectivity index (χ3v) is 6.23. The lowest BCUT2D eigenvalue weighted by molar-refractivity contribution is 0.0374. The Balaban J connectivity index is 1.55. The normalized spacial score (nSPS) is 14.3. The van der Waals surface area contributed by atoms with Crippen LogP contribution in [0.25, 0.3) is 16.9 Å². The van der Waals surface area contributed by atoms with E-state index in [2.05, 4.69) is 10.2 Å². The van der Waals surface area contributed by atoms with Crippen molar-refractivity contribution in [3.05, 3.63) is 64.3 Å². The molecule has 3 aromatic rings. The fourth-order valence-electron chi connectivity index (χ4n) is 3.70. The van der Waals surface area contributed by atoms with Gasteiger partial charge in [-0.15, -0.1) is 0 Å². The number of benzene rings is 2. The SMILES string of the molecule is COc1cccc(-c2cc(C(=O)NCCCN3CCOCC3)n(-c3ccc(Cl)c(Cl)c3)n2)c1. The van der Waals surface area contributed by atoms with E-state index in [-0.39, 0.29) is 5.91 Å². The van der Waals surface area contributed by atoms with Gasteiger partial charge in [0.15, 0.2) is 0 Å². The molecule has 0 atom stereocenters. The van der Waals surface area contributed by atoms with Crippen LogP contribution in [0.3, 0.4) is 0 Å². The highest BCUT2D eigenvalue weighted by Crippen LogP contribution is 2.28. The van der Waals surface area contributed by atoms with Gasteiger partial charge in [-0.1, -0.05) is 35.3 Å². The van der Waals surface area contributed by atoms with Gasteiger partial charge >= 0.3 is 0 Å². The van der Waals surface area contributed by atoms with Gasteiger partial charge in [-0.25, -0.2) is 4.68 Å². The molecule has 1 aliphatic rings. The van der Waals surface area contributed by atoms with Gasteiger partial charge in [0.25, 0.3) is 5.91 Å². The molecule has 1 amide bonds. The molecule has 174 valence electrons. The van der Waals surface area contributed by atoms with Crippen molar-refractivity contribution in [1.29, 1.82) is 0 Å². The zero-order valence-corrected chi connectivity index (χ0v) is 19.9. The van der Waals surface area contributed by atoms with Crippen LogP contribution in [-0.4, -0.2) is 67.1 Å². The van der Waals surface area contributed by atoms with E-state index in [4.69, 9.17) is 37.8 Å². The Hall–Kier alpha value is -2.58. The number of nitrogens with one attached hydrogen (secondary N) is 1. The Morgan fingerprint density at radius 1 is 1.12 bits per heavy atom. The van der Waals surface area contributed by atoms with Gasteiger partial charge in [-0.05, 0) is 49.4 Å². The van der Waals surface area contributed by atoms with E-state index in [0.717, 1.165) is 44.8 Å². The first kappa shape index (κ1) is 23.6. The number of aromatic nitrogens is 2. The average molecular weight is 489 g/mol. The van der Waals surface area contributed by atoms with Gasteiger partial charge in [0, 0.05) is 25.2 Å². The summed E-state index contributed by atoms with van der Waals surface area (Å²) in [4.78, 5) is 15.5. The van der Waals surface area contributed by atoms with Crippen LogP contribution in [0, 0.1) is 0 Å². The number of amides is 1. The molecule has 0 radical (unpaired) electrons. The van der Waals surface area contributed by atoms with Gasteiger partial charge in [0.05, 0.1) is 41.8 Å². The Kier molecular flexibility index (Phi) is 7.88. The highest BCUT2D eigenvalue weighted by molar-refractivity contribution is 6.42. The molecule has 2 aromatic carbocycles. The van der Waals surface area contributed by atoms with Crippen molar-refractivity contribution in [1.82, 2.24) is 20.0 Å². The minimum atomic E-state index is -0.204. The quantitative estimate of drug-likeness (QED) is 0.478. The summed E-state index contributed by atoms with van der Waals surface area (Å²) in [7, 11) is 1.61. The number of morpholine rings is 1. The molecular formula is C24H26Cl2N4O3. The Bertz CT molecular complexity index is 1110. The molecule has 33 heavy (non-hydrogen) atoms. The van der Waals surface area contributed by atoms with Gasteiger partial charge in [0.1, 0.15) is 11.4 Å². The zero-order chi connectivity index (χ0) is 23.2. The monoisotopic (exact) mass is 488 g/mol. The number of hydrogen-bond acceptors (Lipinski definition) is 5. The molecule has 0 saturated carbocycles. The second kappa shape index (κ2) is 11.0. The van der Waals surface area contributed by atoms with Crippen LogP contribution in [0.5, 0.6) is 5.75 Å². The molecule has 4 rings (SSSR count). The van der Waals surface area contributed by atoms with Crippen LogP contribution in [0.4, 0.5) is 0 Å². The van der Waals surface area contributed by atoms with E-state index in [9.17, 15) is 4.79 Å². The third kappa shape index (κ3) is 5.86. The first-order chi connectivity index (χ1) is 16.0. The summed E-state index contributed by atoms with van der Waals surface area (Å²) in [6.07, 6.45) is 0.857. The van der Waals surface area contributed by atoms with E-state index in [1.54, 1.807) is 36.1 Å². The summed E-state index contributed by atoms with van der Waals surface area (Å²) in [6.45, 7) is 4.89. The molecule has 0 aliphatic carbocycles. The predicted molar refractivity (Wildman–Crippen MR) is 130 cm³/mol. The number of ether oxygens (including phenoxy) is 2. The molecular weight excluding hydrogens is 463 g/mol. The fraction of sp³-hybridized carbons (Fsp3) is 0.333. The van der Waals surface area contributed by atoms with E-state index < -0.39 is 0 Å². The Morgan fingerprint density at radius 3 is 2.70 bits per heavy atom. The van der Waals surface area contributed by atoms with Crippen molar-refractivity contribution in [3.8, 4) is 22.7 Å². The highest BCUT2D eigenvalue weighted by atomic mass is 35.5. The summed E-state index contributed by atoms with van der Waals surface area (Å²) in [5, 5.41) is 8.55. The number of rotatable bonds is 8. The van der Waals surface area contributed by atoms with Crippen molar-refractivity contribution in [2.75, 3.05) is 46.5 Å². The first-order valence-corrected chi connectivity index (χ1v) is 11.6. The number of carbonyl (C=O) groups is 1. The van der Waals surface area contributed by atoms with Gasteiger partial charge < -0.3 is 14.8 Å². The summed E-state index contributed by atoms with van der Waals surface area (Å²) >= 11 is 12.3. The van der Waals surface area contributed by atoms with Gasteiger partial charge in [0.2, 0.25) is 0 Å². The van der Waals surface area contributed by atoms with E-state index in [1.165, 1.54) is 0 Å². The second-order valence-corrected chi connectivity index (χ2v) is 8.53. The summed E-state index contributed by atoms with van der Waals surface area (Å²) < 4.78 is 12.3. The molecule has 1 N–H and O–H groups in total. The maximum Gasteiger partial charge on any atom is 0.270 e. The minimum Gasteiger partial charge on any atom is -0.497 e. The van der Waals surface area contributed by atoms with Crippen LogP contribution < -0.4 is 10.1 Å². The average Bonchev–Trinajstić information content (AvgIpc) is 3.30. The number of nitrogens with zero attached hydrogens (tertiary/aromatic N) is 3. The predicted octanol–water partition coefficient (Wildman–Crippen LogP) is 4.31. The molecule has 9 heteroatoms. The zero-order valence-electron chi connectivity index (χ0n) is 18.4. The number of halogens is 2. The summed E-state index contributed by atoms with van der Waals surface area (Å²) in [5.74, 6) is 0.510. The molecule has 1 saturated heterocycles. The van der Waals surface area contributed by atoms with Crippen LogP contribution in [-0.2, 0) is 4.74 Å². The van der Waals surface area contributed by atoms with Crippen LogP contribution in [0.15, 0.2) is 48.5 Å². The van der Waals surface area contributed by atoms with Gasteiger partial charge in [-0.2, -0.15) is 5.10 Å². The second-order valence-electron chi connectivity index (χ2n) is 7.72. The lowest BCUT2D eigenvalue weighted by Gasteiger charge is -2.26. The van der Waals surface area contributed by atoms with Crippen molar-refractivity contribution in [3.63, 3.8) is 0 Å². The minimum absolute atomic E-state index is 0.204. The number of carbonyl (C=O) groups excluding carboxylic acids is 1. The van der Waals surface area contributed by atoms with E-state index in [0.29, 0.717) is 39.4 Å². The van der Waals surface area contributed by atoms with Crippen LogP contribution in [0.1, 0.15) is 16.9 Å². The number of methoxy groups -OCH3 is 1. The topological polar surface area (TPSA) is 68.6 Å². The molecule has 7 nitrogen and oxygen atoms in total. The van der Waals surface area contributed by atoms with Crippen molar-refractivity contribution in [2.45, 2.75) is 6.42 Å². The third-order valence-electron chi connectivity index (χ3n) is 5.50. The fourth-order valence-corrected chi connectivity index (χ4v) is 3.99. The molecule has 1 aliphatic heterocycles. The Morgan fingerprint density at radius 2 is 1.94 bits per heavy atom. The van der Waals surface area contributed by atoms with E-state index in [1.807, 2.05) is 24.3 Å². The molecule has 0 bridgehead atoms. The largest absolute Gasteiger partial charge is 0.497 e. The van der Waals surface area contributed by atoms with Crippen molar-refractivity contribution < 1.29 is 14.3 Å². The van der Waals surface area contributed by atoms with Crippen molar-refractivity contribution >= 4 is 29.1 Å². The maximum absolute atomic E-state index is 13.1. The lowest BCUT2D eigenvalue weighted by atomic mass is 10.1. The maximum atomic E-state index is 13.1. The number of hydrogen-bond donors (Lipinski definition) is 1. The highest BCUT2D eigenvalue weighted by Gasteiger charge is 2.19. The summed E-state index contributed by atoms with van der Waals surface area (Å²) in [5.41, 5.74) is 2.56. The molecule has 0 unspecified atom stereocenters. The van der Waals surface area contributed by atoms with E-state index >= 15 is 0 Å². The smallest absolute Gasteiger partial charge is 0.270 e.